The summed E-state index contributed by atoms with van der Waals surface area (Å²) in [5.74, 6) is 0.472. The smallest absolute Gasteiger partial charge is 0.259 e. The van der Waals surface area contributed by atoms with Gasteiger partial charge in [0.2, 0.25) is 5.91 Å². The van der Waals surface area contributed by atoms with E-state index in [0.29, 0.717) is 42.9 Å². The third kappa shape index (κ3) is 3.04. The molecule has 0 atom stereocenters. The van der Waals surface area contributed by atoms with Gasteiger partial charge in [0.1, 0.15) is 17.0 Å². The van der Waals surface area contributed by atoms with Gasteiger partial charge in [-0.2, -0.15) is 0 Å². The van der Waals surface area contributed by atoms with Crippen LogP contribution in [0.2, 0.25) is 0 Å². The molecule has 0 unspecified atom stereocenters. The lowest BCUT2D eigenvalue weighted by Crippen LogP contribution is -2.42. The quantitative estimate of drug-likeness (QED) is 0.938. The number of carbonyl (C=O) groups is 2. The maximum absolute atomic E-state index is 12.9. The number of likely N-dealkylation sites (tertiary alicyclic amines) is 1. The second kappa shape index (κ2) is 6.86. The SMILES string of the molecule is CNC(=O)C1CCN(C(=O)c2c(-c3ccccc3)noc2C)CC1. The van der Waals surface area contributed by atoms with E-state index in [9.17, 15) is 9.59 Å². The molecule has 1 aliphatic heterocycles. The van der Waals surface area contributed by atoms with Crippen molar-refractivity contribution in [3.63, 3.8) is 0 Å². The summed E-state index contributed by atoms with van der Waals surface area (Å²) in [6, 6.07) is 9.55. The number of piperidine rings is 1. The monoisotopic (exact) mass is 327 g/mol. The second-order valence-electron chi connectivity index (χ2n) is 6.01. The molecule has 3 rings (SSSR count). The van der Waals surface area contributed by atoms with Gasteiger partial charge in [-0.25, -0.2) is 0 Å². The van der Waals surface area contributed by atoms with Crippen molar-refractivity contribution < 1.29 is 14.1 Å². The number of nitrogens with one attached hydrogen (secondary N) is 1. The van der Waals surface area contributed by atoms with Crippen molar-refractivity contribution in [3.8, 4) is 11.3 Å². The van der Waals surface area contributed by atoms with E-state index in [1.165, 1.54) is 0 Å². The Balaban J connectivity index is 1.80. The van der Waals surface area contributed by atoms with Crippen LogP contribution in [0.25, 0.3) is 11.3 Å². The van der Waals surface area contributed by atoms with Gasteiger partial charge >= 0.3 is 0 Å². The van der Waals surface area contributed by atoms with Crippen molar-refractivity contribution in [2.45, 2.75) is 19.8 Å². The molecule has 2 heterocycles. The number of benzene rings is 1. The van der Waals surface area contributed by atoms with Gasteiger partial charge < -0.3 is 14.7 Å². The minimum Gasteiger partial charge on any atom is -0.360 e. The lowest BCUT2D eigenvalue weighted by atomic mass is 9.95. The molecule has 0 saturated carbocycles. The lowest BCUT2D eigenvalue weighted by molar-refractivity contribution is -0.125. The Morgan fingerprint density at radius 3 is 2.50 bits per heavy atom. The zero-order valence-corrected chi connectivity index (χ0v) is 13.9. The zero-order valence-electron chi connectivity index (χ0n) is 13.9. The summed E-state index contributed by atoms with van der Waals surface area (Å²) in [7, 11) is 1.65. The van der Waals surface area contributed by atoms with E-state index < -0.39 is 0 Å². The second-order valence-corrected chi connectivity index (χ2v) is 6.01. The molecule has 0 aliphatic carbocycles. The van der Waals surface area contributed by atoms with E-state index in [2.05, 4.69) is 10.5 Å². The highest BCUT2D eigenvalue weighted by Gasteiger charge is 2.31. The van der Waals surface area contributed by atoms with Crippen molar-refractivity contribution in [2.24, 2.45) is 5.92 Å². The summed E-state index contributed by atoms with van der Waals surface area (Å²) < 4.78 is 5.28. The number of nitrogens with zero attached hydrogens (tertiary/aromatic N) is 2. The predicted octanol–water partition coefficient (Wildman–Crippen LogP) is 2.25. The largest absolute Gasteiger partial charge is 0.360 e. The van der Waals surface area contributed by atoms with Crippen LogP contribution < -0.4 is 5.32 Å². The molecule has 1 aliphatic rings. The van der Waals surface area contributed by atoms with Gasteiger partial charge in [-0.15, -0.1) is 0 Å². The molecular weight excluding hydrogens is 306 g/mol. The topological polar surface area (TPSA) is 75.4 Å². The molecule has 6 heteroatoms. The Bertz CT molecular complexity index is 731. The Kier molecular flexibility index (Phi) is 4.64. The molecule has 0 bridgehead atoms. The van der Waals surface area contributed by atoms with E-state index in [1.807, 2.05) is 30.3 Å². The maximum atomic E-state index is 12.9. The first-order chi connectivity index (χ1) is 11.6. The summed E-state index contributed by atoms with van der Waals surface area (Å²) >= 11 is 0. The van der Waals surface area contributed by atoms with Gasteiger partial charge in [0, 0.05) is 31.6 Å². The molecule has 1 fully saturated rings. The number of aryl methyl sites for hydroxylation is 1. The molecule has 2 aromatic rings. The molecule has 1 N–H and O–H groups in total. The molecule has 6 nitrogen and oxygen atoms in total. The number of aromatic nitrogens is 1. The van der Waals surface area contributed by atoms with E-state index in [1.54, 1.807) is 18.9 Å². The molecule has 2 amide bonds. The highest BCUT2D eigenvalue weighted by atomic mass is 16.5. The van der Waals surface area contributed by atoms with Crippen molar-refractivity contribution in [1.82, 2.24) is 15.4 Å². The first kappa shape index (κ1) is 16.2. The average molecular weight is 327 g/mol. The Labute approximate surface area is 140 Å². The fourth-order valence-corrected chi connectivity index (χ4v) is 3.12. The normalized spacial score (nSPS) is 15.3. The standard InChI is InChI=1S/C18H21N3O3/c1-12-15(16(20-24-12)13-6-4-3-5-7-13)18(23)21-10-8-14(9-11-21)17(22)19-2/h3-7,14H,8-11H2,1-2H3,(H,19,22). The van der Waals surface area contributed by atoms with Gasteiger partial charge in [0.25, 0.3) is 5.91 Å². The number of hydrogen-bond acceptors (Lipinski definition) is 4. The zero-order chi connectivity index (χ0) is 17.1. The fourth-order valence-electron chi connectivity index (χ4n) is 3.12. The van der Waals surface area contributed by atoms with Crippen LogP contribution in [0.1, 0.15) is 29.0 Å². The molecule has 1 saturated heterocycles. The molecule has 0 radical (unpaired) electrons. The third-order valence-corrected chi connectivity index (χ3v) is 4.52. The summed E-state index contributed by atoms with van der Waals surface area (Å²) in [6.07, 6.45) is 1.35. The first-order valence-corrected chi connectivity index (χ1v) is 8.14. The Morgan fingerprint density at radius 1 is 1.21 bits per heavy atom. The van der Waals surface area contributed by atoms with E-state index in [-0.39, 0.29) is 17.7 Å². The fraction of sp³-hybridized carbons (Fsp3) is 0.389. The van der Waals surface area contributed by atoms with Crippen molar-refractivity contribution in [2.75, 3.05) is 20.1 Å². The average Bonchev–Trinajstić information content (AvgIpc) is 3.03. The van der Waals surface area contributed by atoms with Crippen LogP contribution in [0.3, 0.4) is 0 Å². The van der Waals surface area contributed by atoms with Crippen molar-refractivity contribution >= 4 is 11.8 Å². The summed E-state index contributed by atoms with van der Waals surface area (Å²) in [4.78, 5) is 26.5. The maximum Gasteiger partial charge on any atom is 0.259 e. The molecular formula is C18H21N3O3. The van der Waals surface area contributed by atoms with Crippen molar-refractivity contribution in [3.05, 3.63) is 41.7 Å². The molecule has 126 valence electrons. The number of rotatable bonds is 3. The van der Waals surface area contributed by atoms with Gasteiger partial charge in [-0.1, -0.05) is 35.5 Å². The molecule has 24 heavy (non-hydrogen) atoms. The van der Waals surface area contributed by atoms with Crippen LogP contribution in [0.15, 0.2) is 34.9 Å². The van der Waals surface area contributed by atoms with Gasteiger partial charge in [-0.3, -0.25) is 9.59 Å². The number of amides is 2. The predicted molar refractivity (Wildman–Crippen MR) is 89.4 cm³/mol. The minimum absolute atomic E-state index is 0.0174. The van der Waals surface area contributed by atoms with Crippen LogP contribution in [0.5, 0.6) is 0 Å². The van der Waals surface area contributed by atoms with E-state index in [4.69, 9.17) is 4.52 Å². The molecule has 0 spiro atoms. The Hall–Kier alpha value is -2.63. The van der Waals surface area contributed by atoms with Crippen LogP contribution >= 0.6 is 0 Å². The van der Waals surface area contributed by atoms with E-state index >= 15 is 0 Å². The van der Waals surface area contributed by atoms with Crippen LogP contribution in [-0.4, -0.2) is 42.0 Å². The van der Waals surface area contributed by atoms with Gasteiger partial charge in [-0.05, 0) is 19.8 Å². The molecule has 1 aromatic carbocycles. The van der Waals surface area contributed by atoms with Crippen molar-refractivity contribution in [1.29, 1.82) is 0 Å². The lowest BCUT2D eigenvalue weighted by Gasteiger charge is -2.31. The highest BCUT2D eigenvalue weighted by Crippen LogP contribution is 2.28. The highest BCUT2D eigenvalue weighted by molar-refractivity contribution is 6.00. The Morgan fingerprint density at radius 2 is 1.88 bits per heavy atom. The van der Waals surface area contributed by atoms with Gasteiger partial charge in [0.05, 0.1) is 0 Å². The van der Waals surface area contributed by atoms with Gasteiger partial charge in [0.15, 0.2) is 0 Å². The number of carbonyl (C=O) groups excluding carboxylic acids is 2. The molecule has 1 aromatic heterocycles. The summed E-state index contributed by atoms with van der Waals surface area (Å²) in [5, 5.41) is 6.75. The van der Waals surface area contributed by atoms with E-state index in [0.717, 1.165) is 5.56 Å². The summed E-state index contributed by atoms with van der Waals surface area (Å²) in [6.45, 7) is 2.88. The minimum atomic E-state index is -0.0806. The first-order valence-electron chi connectivity index (χ1n) is 8.14. The summed E-state index contributed by atoms with van der Waals surface area (Å²) in [5.41, 5.74) is 1.95. The number of hydrogen-bond donors (Lipinski definition) is 1. The van der Waals surface area contributed by atoms with Crippen LogP contribution in [-0.2, 0) is 4.79 Å². The van der Waals surface area contributed by atoms with Crippen LogP contribution in [0.4, 0.5) is 0 Å². The van der Waals surface area contributed by atoms with Crippen LogP contribution in [0, 0.1) is 12.8 Å². The third-order valence-electron chi connectivity index (χ3n) is 4.52.